The monoisotopic (exact) mass is 426 g/mol. The Balaban J connectivity index is 1.38. The topological polar surface area (TPSA) is 73.0 Å². The second kappa shape index (κ2) is 8.08. The van der Waals surface area contributed by atoms with Crippen molar-refractivity contribution in [2.75, 3.05) is 32.8 Å². The average Bonchev–Trinajstić information content (AvgIpc) is 2.98. The van der Waals surface area contributed by atoms with E-state index in [1.54, 1.807) is 48.2 Å². The number of rotatable bonds is 4. The van der Waals surface area contributed by atoms with Gasteiger partial charge in [0.25, 0.3) is 11.8 Å². The fraction of sp³-hybridized carbons (Fsp3) is 0.318. The van der Waals surface area contributed by atoms with Crippen molar-refractivity contribution in [2.45, 2.75) is 12.5 Å². The van der Waals surface area contributed by atoms with E-state index in [1.807, 2.05) is 23.1 Å². The van der Waals surface area contributed by atoms with Crippen molar-refractivity contribution in [3.05, 3.63) is 70.7 Å². The third-order valence-electron chi connectivity index (χ3n) is 5.72. The summed E-state index contributed by atoms with van der Waals surface area (Å²) in [6.07, 6.45) is 0. The maximum Gasteiger partial charge on any atom is 0.326 e. The molecule has 1 N–H and O–H groups in total. The van der Waals surface area contributed by atoms with Gasteiger partial charge in [-0.1, -0.05) is 41.9 Å². The molecule has 0 spiro atoms. The lowest BCUT2D eigenvalue weighted by molar-refractivity contribution is -0.132. The van der Waals surface area contributed by atoms with Crippen LogP contribution in [0.2, 0.25) is 5.02 Å². The molecule has 2 heterocycles. The molecule has 0 saturated carbocycles. The number of hydrogen-bond donors (Lipinski definition) is 1. The number of nitrogens with zero attached hydrogens (tertiary/aromatic N) is 3. The second-order valence-corrected chi connectivity index (χ2v) is 8.15. The fourth-order valence-corrected chi connectivity index (χ4v) is 3.99. The summed E-state index contributed by atoms with van der Waals surface area (Å²) in [6.45, 7) is 4.17. The third kappa shape index (κ3) is 3.78. The fourth-order valence-electron chi connectivity index (χ4n) is 3.86. The number of carbonyl (C=O) groups excluding carboxylic acids is 3. The summed E-state index contributed by atoms with van der Waals surface area (Å²) in [5.74, 6) is -0.293. The Hall–Kier alpha value is -2.90. The highest BCUT2D eigenvalue weighted by Crippen LogP contribution is 2.29. The average molecular weight is 427 g/mol. The number of urea groups is 1. The van der Waals surface area contributed by atoms with E-state index in [4.69, 9.17) is 11.6 Å². The van der Waals surface area contributed by atoms with Crippen molar-refractivity contribution in [3.8, 4) is 0 Å². The van der Waals surface area contributed by atoms with Gasteiger partial charge in [-0.05, 0) is 36.8 Å². The predicted octanol–water partition coefficient (Wildman–Crippen LogP) is 2.52. The normalized spacial score (nSPS) is 22.3. The predicted molar refractivity (Wildman–Crippen MR) is 113 cm³/mol. The molecular formula is C22H23ClN4O3. The molecule has 2 saturated heterocycles. The Morgan fingerprint density at radius 3 is 2.27 bits per heavy atom. The molecule has 7 nitrogen and oxygen atoms in total. The Morgan fingerprint density at radius 2 is 1.63 bits per heavy atom. The zero-order valence-electron chi connectivity index (χ0n) is 16.7. The van der Waals surface area contributed by atoms with Crippen LogP contribution in [0.15, 0.2) is 54.6 Å². The van der Waals surface area contributed by atoms with Crippen molar-refractivity contribution in [1.82, 2.24) is 20.0 Å². The first-order chi connectivity index (χ1) is 14.4. The van der Waals surface area contributed by atoms with E-state index in [1.165, 1.54) is 4.90 Å². The lowest BCUT2D eigenvalue weighted by atomic mass is 9.92. The van der Waals surface area contributed by atoms with Crippen LogP contribution in [0.25, 0.3) is 0 Å². The molecule has 4 amide bonds. The summed E-state index contributed by atoms with van der Waals surface area (Å²) >= 11 is 5.94. The summed E-state index contributed by atoms with van der Waals surface area (Å²) in [5, 5.41) is 3.38. The lowest BCUT2D eigenvalue weighted by Crippen LogP contribution is -2.52. The summed E-state index contributed by atoms with van der Waals surface area (Å²) < 4.78 is 0. The molecule has 0 bridgehead atoms. The molecule has 2 aromatic rings. The molecule has 1 unspecified atom stereocenters. The van der Waals surface area contributed by atoms with Crippen LogP contribution in [0.1, 0.15) is 22.8 Å². The zero-order chi connectivity index (χ0) is 21.3. The van der Waals surface area contributed by atoms with Gasteiger partial charge in [-0.25, -0.2) is 9.69 Å². The van der Waals surface area contributed by atoms with Crippen LogP contribution in [0.3, 0.4) is 0 Å². The minimum atomic E-state index is -1.12. The van der Waals surface area contributed by atoms with Crippen molar-refractivity contribution in [2.24, 2.45) is 0 Å². The zero-order valence-corrected chi connectivity index (χ0v) is 17.4. The maximum absolute atomic E-state index is 13.1. The smallest absolute Gasteiger partial charge is 0.326 e. The standard InChI is InChI=1S/C22H23ClN4O3/c1-22(17-7-9-18(23)10-8-17)20(29)27(21(30)24-22)15-25-11-13-26(14-12-25)19(28)16-5-3-2-4-6-16/h2-10H,11-15H2,1H3,(H,24,30). The van der Waals surface area contributed by atoms with Crippen molar-refractivity contribution < 1.29 is 14.4 Å². The largest absolute Gasteiger partial charge is 0.336 e. The van der Waals surface area contributed by atoms with Crippen molar-refractivity contribution in [1.29, 1.82) is 0 Å². The van der Waals surface area contributed by atoms with Gasteiger partial charge in [-0.3, -0.25) is 14.5 Å². The van der Waals surface area contributed by atoms with Crippen LogP contribution < -0.4 is 5.32 Å². The molecule has 2 aliphatic heterocycles. The molecule has 1 atom stereocenters. The molecule has 30 heavy (non-hydrogen) atoms. The molecule has 2 aliphatic rings. The number of nitrogens with one attached hydrogen (secondary N) is 1. The van der Waals surface area contributed by atoms with Gasteiger partial charge in [0.2, 0.25) is 0 Å². The van der Waals surface area contributed by atoms with E-state index in [0.29, 0.717) is 42.3 Å². The molecule has 0 aliphatic carbocycles. The molecule has 0 radical (unpaired) electrons. The van der Waals surface area contributed by atoms with Crippen LogP contribution >= 0.6 is 11.6 Å². The summed E-state index contributed by atoms with van der Waals surface area (Å²) in [7, 11) is 0. The van der Waals surface area contributed by atoms with Crippen LogP contribution in [0.4, 0.5) is 4.79 Å². The van der Waals surface area contributed by atoms with Gasteiger partial charge in [-0.2, -0.15) is 0 Å². The highest BCUT2D eigenvalue weighted by Gasteiger charge is 2.49. The Kier molecular flexibility index (Phi) is 5.49. The van der Waals surface area contributed by atoms with Gasteiger partial charge in [0.15, 0.2) is 0 Å². The first-order valence-corrected chi connectivity index (χ1v) is 10.2. The third-order valence-corrected chi connectivity index (χ3v) is 5.97. The number of halogens is 1. The lowest BCUT2D eigenvalue weighted by Gasteiger charge is -2.36. The van der Waals surface area contributed by atoms with Gasteiger partial charge >= 0.3 is 6.03 Å². The quantitative estimate of drug-likeness (QED) is 0.762. The van der Waals surface area contributed by atoms with Gasteiger partial charge in [0, 0.05) is 36.8 Å². The highest BCUT2D eigenvalue weighted by atomic mass is 35.5. The van der Waals surface area contributed by atoms with E-state index < -0.39 is 11.6 Å². The Labute approximate surface area is 180 Å². The van der Waals surface area contributed by atoms with E-state index >= 15 is 0 Å². The minimum absolute atomic E-state index is 0.000514. The summed E-state index contributed by atoms with van der Waals surface area (Å²) in [4.78, 5) is 43.3. The first kappa shape index (κ1) is 20.4. The SMILES string of the molecule is CC1(c2ccc(Cl)cc2)NC(=O)N(CN2CCN(C(=O)c3ccccc3)CC2)C1=O. The number of hydrogen-bond acceptors (Lipinski definition) is 4. The van der Waals surface area contributed by atoms with Crippen LogP contribution in [0.5, 0.6) is 0 Å². The van der Waals surface area contributed by atoms with E-state index in [0.717, 1.165) is 0 Å². The van der Waals surface area contributed by atoms with Crippen molar-refractivity contribution in [3.63, 3.8) is 0 Å². The number of carbonyl (C=O) groups is 3. The molecule has 2 fully saturated rings. The van der Waals surface area contributed by atoms with Crippen molar-refractivity contribution >= 4 is 29.4 Å². The highest BCUT2D eigenvalue weighted by molar-refractivity contribution is 6.30. The van der Waals surface area contributed by atoms with Gasteiger partial charge in [0.05, 0.1) is 6.67 Å². The number of amides is 4. The van der Waals surface area contributed by atoms with Gasteiger partial charge in [-0.15, -0.1) is 0 Å². The minimum Gasteiger partial charge on any atom is -0.336 e. The Morgan fingerprint density at radius 1 is 1.00 bits per heavy atom. The molecule has 4 rings (SSSR count). The summed E-state index contributed by atoms with van der Waals surface area (Å²) in [5.41, 5.74) is 0.233. The molecule has 2 aromatic carbocycles. The first-order valence-electron chi connectivity index (χ1n) is 9.85. The molecule has 8 heteroatoms. The Bertz CT molecular complexity index is 958. The van der Waals surface area contributed by atoms with E-state index in [9.17, 15) is 14.4 Å². The maximum atomic E-state index is 13.1. The molecule has 156 valence electrons. The second-order valence-electron chi connectivity index (χ2n) is 7.71. The van der Waals surface area contributed by atoms with E-state index in [-0.39, 0.29) is 18.5 Å². The summed E-state index contributed by atoms with van der Waals surface area (Å²) in [6, 6.07) is 15.7. The van der Waals surface area contributed by atoms with Gasteiger partial charge < -0.3 is 10.2 Å². The van der Waals surface area contributed by atoms with E-state index in [2.05, 4.69) is 5.32 Å². The molecule has 0 aromatic heterocycles. The van der Waals surface area contributed by atoms with Crippen LogP contribution in [-0.4, -0.2) is 65.4 Å². The number of imide groups is 1. The number of benzene rings is 2. The number of piperazine rings is 1. The van der Waals surface area contributed by atoms with Crippen LogP contribution in [0, 0.1) is 0 Å². The van der Waals surface area contributed by atoms with Crippen LogP contribution in [-0.2, 0) is 10.3 Å². The van der Waals surface area contributed by atoms with Gasteiger partial charge in [0.1, 0.15) is 5.54 Å². The molecular weight excluding hydrogens is 404 g/mol.